The van der Waals surface area contributed by atoms with Crippen molar-refractivity contribution < 1.29 is 17.6 Å². The summed E-state index contributed by atoms with van der Waals surface area (Å²) in [7, 11) is 0. The Kier molecular flexibility index (Phi) is 15.3. The topological polar surface area (TPSA) is 0 Å². The van der Waals surface area contributed by atoms with Crippen molar-refractivity contribution in [2.45, 2.75) is 79.1 Å². The Balaban J connectivity index is 0.000000215. The van der Waals surface area contributed by atoms with Gasteiger partial charge in [-0.1, -0.05) is 143 Å². The highest BCUT2D eigenvalue weighted by Gasteiger charge is 2.10. The van der Waals surface area contributed by atoms with Crippen LogP contribution in [0, 0.1) is 47.0 Å². The quantitative estimate of drug-likeness (QED) is 0.0967. The van der Waals surface area contributed by atoms with E-state index in [2.05, 4.69) is 93.0 Å². The van der Waals surface area contributed by atoms with Gasteiger partial charge in [-0.15, -0.1) is 0 Å². The summed E-state index contributed by atoms with van der Waals surface area (Å²) in [4.78, 5) is 0. The van der Waals surface area contributed by atoms with Gasteiger partial charge in [0.25, 0.3) is 0 Å². The molecule has 0 fully saturated rings. The molecule has 0 heterocycles. The SMILES string of the molecule is CCCCc1cc(F)c(C#Cc2ccc(-c3ccc(CCC)cc3)cc2)c(F)c1.CCCc1ccc(-c2ccc(C#Cc3c(F)cc(CC)cc3F)cc2)cc1. The van der Waals surface area contributed by atoms with Gasteiger partial charge in [-0.2, -0.15) is 0 Å². The molecule has 4 heteroatoms. The van der Waals surface area contributed by atoms with E-state index in [1.54, 1.807) is 0 Å². The summed E-state index contributed by atoms with van der Waals surface area (Å²) < 4.78 is 56.6. The second kappa shape index (κ2) is 20.7. The van der Waals surface area contributed by atoms with Crippen molar-refractivity contribution >= 4 is 0 Å². The fourth-order valence-electron chi connectivity index (χ4n) is 6.29. The zero-order valence-corrected chi connectivity index (χ0v) is 32.7. The second-order valence-electron chi connectivity index (χ2n) is 13.9. The summed E-state index contributed by atoms with van der Waals surface area (Å²) in [5.41, 5.74) is 9.56. The lowest BCUT2D eigenvalue weighted by molar-refractivity contribution is 0.572. The summed E-state index contributed by atoms with van der Waals surface area (Å²) in [5.74, 6) is 8.63. The summed E-state index contributed by atoms with van der Waals surface area (Å²) >= 11 is 0. The molecule has 0 nitrogen and oxygen atoms in total. The Bertz CT molecular complexity index is 2270. The molecule has 0 aliphatic rings. The highest BCUT2D eigenvalue weighted by atomic mass is 19.1. The van der Waals surface area contributed by atoms with Crippen molar-refractivity contribution in [1.82, 2.24) is 0 Å². The molecule has 56 heavy (non-hydrogen) atoms. The van der Waals surface area contributed by atoms with Gasteiger partial charge in [0, 0.05) is 11.1 Å². The zero-order chi connectivity index (χ0) is 39.9. The summed E-state index contributed by atoms with van der Waals surface area (Å²) in [5, 5.41) is 0. The van der Waals surface area contributed by atoms with E-state index in [0.29, 0.717) is 24.0 Å². The van der Waals surface area contributed by atoms with Crippen LogP contribution >= 0.6 is 0 Å². The first-order valence-corrected chi connectivity index (χ1v) is 19.6. The van der Waals surface area contributed by atoms with Crippen molar-refractivity contribution in [3.63, 3.8) is 0 Å². The molecule has 0 aromatic heterocycles. The fraction of sp³-hybridized carbons (Fsp3) is 0.231. The number of rotatable bonds is 10. The largest absolute Gasteiger partial charge is 0.206 e. The third kappa shape index (κ3) is 11.6. The first-order chi connectivity index (χ1) is 27.2. The van der Waals surface area contributed by atoms with Gasteiger partial charge >= 0.3 is 0 Å². The predicted octanol–water partition coefficient (Wildman–Crippen LogP) is 13.9. The third-order valence-electron chi connectivity index (χ3n) is 9.52. The van der Waals surface area contributed by atoms with E-state index in [0.717, 1.165) is 71.9 Å². The fourth-order valence-corrected chi connectivity index (χ4v) is 6.29. The molecule has 6 aromatic carbocycles. The monoisotopic (exact) mass is 748 g/mol. The van der Waals surface area contributed by atoms with Gasteiger partial charge in [0.2, 0.25) is 0 Å². The highest BCUT2D eigenvalue weighted by molar-refractivity contribution is 5.66. The minimum Gasteiger partial charge on any atom is -0.206 e. The first kappa shape index (κ1) is 41.3. The lowest BCUT2D eigenvalue weighted by Gasteiger charge is -2.04. The molecular formula is C52H48F4. The van der Waals surface area contributed by atoms with Crippen molar-refractivity contribution in [2.75, 3.05) is 0 Å². The number of hydrogen-bond donors (Lipinski definition) is 0. The van der Waals surface area contributed by atoms with E-state index in [1.807, 2.05) is 55.5 Å². The van der Waals surface area contributed by atoms with Crippen LogP contribution in [0.15, 0.2) is 121 Å². The van der Waals surface area contributed by atoms with E-state index in [4.69, 9.17) is 0 Å². The van der Waals surface area contributed by atoms with E-state index < -0.39 is 23.3 Å². The molecule has 0 saturated heterocycles. The third-order valence-corrected chi connectivity index (χ3v) is 9.52. The van der Waals surface area contributed by atoms with Crippen LogP contribution in [-0.4, -0.2) is 0 Å². The number of halogens is 4. The van der Waals surface area contributed by atoms with Crippen LogP contribution in [0.3, 0.4) is 0 Å². The van der Waals surface area contributed by atoms with E-state index in [1.165, 1.54) is 35.4 Å². The average Bonchev–Trinajstić information content (AvgIpc) is 3.21. The van der Waals surface area contributed by atoms with Crippen molar-refractivity contribution in [3.8, 4) is 45.9 Å². The Labute approximate surface area is 330 Å². The Hall–Kier alpha value is -5.84. The first-order valence-electron chi connectivity index (χ1n) is 19.6. The normalized spacial score (nSPS) is 10.4. The molecule has 284 valence electrons. The maximum Gasteiger partial charge on any atom is 0.142 e. The van der Waals surface area contributed by atoms with Crippen LogP contribution in [-0.2, 0) is 25.7 Å². The van der Waals surface area contributed by atoms with Gasteiger partial charge in [-0.05, 0) is 125 Å². The van der Waals surface area contributed by atoms with Crippen LogP contribution < -0.4 is 0 Å². The van der Waals surface area contributed by atoms with Crippen LogP contribution in [0.1, 0.15) is 97.9 Å². The van der Waals surface area contributed by atoms with Gasteiger partial charge in [0.1, 0.15) is 23.3 Å². The van der Waals surface area contributed by atoms with Gasteiger partial charge < -0.3 is 0 Å². The minimum atomic E-state index is -0.608. The number of unbranched alkanes of at least 4 members (excludes halogenated alkanes) is 1. The molecule has 0 spiro atoms. The molecule has 0 radical (unpaired) electrons. The van der Waals surface area contributed by atoms with E-state index in [-0.39, 0.29) is 11.1 Å². The molecule has 0 aliphatic carbocycles. The van der Waals surface area contributed by atoms with Gasteiger partial charge in [0.15, 0.2) is 0 Å². The molecule has 6 rings (SSSR count). The van der Waals surface area contributed by atoms with Crippen LogP contribution in [0.25, 0.3) is 22.3 Å². The summed E-state index contributed by atoms with van der Waals surface area (Å²) in [6, 6.07) is 38.0. The minimum absolute atomic E-state index is 0.166. The Morgan fingerprint density at radius 1 is 0.357 bits per heavy atom. The van der Waals surface area contributed by atoms with E-state index in [9.17, 15) is 17.6 Å². The lowest BCUT2D eigenvalue weighted by atomic mass is 10.0. The molecule has 0 bridgehead atoms. The summed E-state index contributed by atoms with van der Waals surface area (Å²) in [6.45, 7) is 8.26. The molecule has 0 saturated carbocycles. The molecule has 0 aliphatic heterocycles. The van der Waals surface area contributed by atoms with E-state index >= 15 is 0 Å². The predicted molar refractivity (Wildman–Crippen MR) is 224 cm³/mol. The molecule has 0 N–H and O–H groups in total. The number of benzene rings is 6. The molecule has 6 aromatic rings. The maximum absolute atomic E-state index is 14.3. The lowest BCUT2D eigenvalue weighted by Crippen LogP contribution is -1.95. The summed E-state index contributed by atoms with van der Waals surface area (Å²) in [6.07, 6.45) is 7.61. The smallest absolute Gasteiger partial charge is 0.142 e. The Morgan fingerprint density at radius 3 is 1.02 bits per heavy atom. The van der Waals surface area contributed by atoms with Gasteiger partial charge in [0.05, 0.1) is 11.1 Å². The number of hydrogen-bond acceptors (Lipinski definition) is 0. The van der Waals surface area contributed by atoms with Crippen LogP contribution in [0.2, 0.25) is 0 Å². The number of aryl methyl sites for hydroxylation is 4. The Morgan fingerprint density at radius 2 is 0.696 bits per heavy atom. The second-order valence-corrected chi connectivity index (χ2v) is 13.9. The van der Waals surface area contributed by atoms with Crippen LogP contribution in [0.4, 0.5) is 17.6 Å². The van der Waals surface area contributed by atoms with Gasteiger partial charge in [-0.25, -0.2) is 17.6 Å². The average molecular weight is 749 g/mol. The van der Waals surface area contributed by atoms with Crippen molar-refractivity contribution in [2.24, 2.45) is 0 Å². The molecule has 0 atom stereocenters. The van der Waals surface area contributed by atoms with Crippen LogP contribution in [0.5, 0.6) is 0 Å². The maximum atomic E-state index is 14.3. The highest BCUT2D eigenvalue weighted by Crippen LogP contribution is 2.23. The molecule has 0 amide bonds. The standard InChI is InChI=1S/C27H26F2.C25H22F2/c1-3-5-7-22-18-26(28)25(27(29)19-22)17-12-21-10-15-24(16-11-21)23-13-8-20(6-4-2)9-14-23;1-3-5-19-6-11-21(12-7-19)22-13-8-20(9-14-22)10-15-23-24(26)16-18(4-2)17-25(23)27/h8-11,13-16,18-19H,3-7H2,1-2H3;6-9,11-14,16-17H,3-5H2,1-2H3. The van der Waals surface area contributed by atoms with Gasteiger partial charge in [-0.3, -0.25) is 0 Å². The van der Waals surface area contributed by atoms with Crippen molar-refractivity contribution in [1.29, 1.82) is 0 Å². The molecular weight excluding hydrogens is 701 g/mol. The zero-order valence-electron chi connectivity index (χ0n) is 32.7. The molecule has 0 unspecified atom stereocenters. The van der Waals surface area contributed by atoms with Crippen molar-refractivity contribution in [3.05, 3.63) is 189 Å².